The molecule has 3 rings (SSSR count). The minimum absolute atomic E-state index is 0.0792. The Morgan fingerprint density at radius 1 is 0.967 bits per heavy atom. The number of aryl methyl sites for hydroxylation is 1. The van der Waals surface area contributed by atoms with E-state index in [9.17, 15) is 13.2 Å². The van der Waals surface area contributed by atoms with Crippen LogP contribution in [0.3, 0.4) is 0 Å². The molecule has 0 aliphatic rings. The molecule has 3 aromatic rings. The van der Waals surface area contributed by atoms with Gasteiger partial charge in [-0.3, -0.25) is 9.52 Å². The van der Waals surface area contributed by atoms with Gasteiger partial charge in [-0.2, -0.15) is 0 Å². The molecule has 3 aromatic carbocycles. The van der Waals surface area contributed by atoms with Crippen molar-refractivity contribution < 1.29 is 17.9 Å². The zero-order valence-corrected chi connectivity index (χ0v) is 18.2. The van der Waals surface area contributed by atoms with E-state index in [0.29, 0.717) is 27.2 Å². The van der Waals surface area contributed by atoms with Crippen molar-refractivity contribution in [2.24, 2.45) is 0 Å². The second-order valence-electron chi connectivity index (χ2n) is 6.35. The highest BCUT2D eigenvalue weighted by molar-refractivity contribution is 7.92. The van der Waals surface area contributed by atoms with Crippen LogP contribution in [-0.2, 0) is 14.8 Å². The van der Waals surface area contributed by atoms with Gasteiger partial charge in [0.05, 0.1) is 21.3 Å². The van der Waals surface area contributed by atoms with E-state index < -0.39 is 15.9 Å². The third-order valence-corrected chi connectivity index (χ3v) is 6.03. The van der Waals surface area contributed by atoms with Crippen molar-refractivity contribution in [3.63, 3.8) is 0 Å². The molecule has 0 aliphatic carbocycles. The van der Waals surface area contributed by atoms with Gasteiger partial charge in [-0.25, -0.2) is 8.42 Å². The van der Waals surface area contributed by atoms with Crippen LogP contribution in [0.5, 0.6) is 5.75 Å². The zero-order valence-electron chi connectivity index (χ0n) is 15.9. The maximum atomic E-state index is 12.6. The van der Waals surface area contributed by atoms with Crippen molar-refractivity contribution in [3.8, 4) is 5.75 Å². The quantitative estimate of drug-likeness (QED) is 0.507. The molecule has 0 unspecified atom stereocenters. The molecule has 0 radical (unpaired) electrons. The molecule has 30 heavy (non-hydrogen) atoms. The number of carbonyl (C=O) groups is 1. The number of hydrogen-bond donors (Lipinski definition) is 2. The summed E-state index contributed by atoms with van der Waals surface area (Å²) in [5.74, 6) is -0.0701. The maximum absolute atomic E-state index is 12.6. The van der Waals surface area contributed by atoms with Gasteiger partial charge in [-0.05, 0) is 61.0 Å². The minimum Gasteiger partial charge on any atom is -0.484 e. The number of hydrogen-bond acceptors (Lipinski definition) is 4. The van der Waals surface area contributed by atoms with Gasteiger partial charge in [0.15, 0.2) is 6.61 Å². The fourth-order valence-electron chi connectivity index (χ4n) is 2.53. The molecular formula is C21H18Cl2N2O4S. The number of carbonyl (C=O) groups excluding carboxylic acids is 1. The maximum Gasteiger partial charge on any atom is 0.262 e. The van der Waals surface area contributed by atoms with Gasteiger partial charge in [0.25, 0.3) is 15.9 Å². The monoisotopic (exact) mass is 464 g/mol. The summed E-state index contributed by atoms with van der Waals surface area (Å²) in [6.45, 7) is 1.55. The lowest BCUT2D eigenvalue weighted by Crippen LogP contribution is -2.20. The Morgan fingerprint density at radius 3 is 2.33 bits per heavy atom. The number of anilines is 2. The molecule has 0 saturated carbocycles. The summed E-state index contributed by atoms with van der Waals surface area (Å²) >= 11 is 11.8. The van der Waals surface area contributed by atoms with Gasteiger partial charge in [0.2, 0.25) is 0 Å². The molecule has 1 amide bonds. The topological polar surface area (TPSA) is 84.5 Å². The van der Waals surface area contributed by atoms with E-state index in [1.807, 2.05) is 19.1 Å². The summed E-state index contributed by atoms with van der Waals surface area (Å²) < 4.78 is 33.1. The molecule has 0 aromatic heterocycles. The second kappa shape index (κ2) is 9.38. The van der Waals surface area contributed by atoms with Crippen molar-refractivity contribution in [3.05, 3.63) is 82.3 Å². The fourth-order valence-corrected chi connectivity index (χ4v) is 4.12. The van der Waals surface area contributed by atoms with E-state index in [1.54, 1.807) is 24.3 Å². The van der Waals surface area contributed by atoms with Crippen LogP contribution in [0.2, 0.25) is 10.0 Å². The Bertz CT molecular complexity index is 1170. The van der Waals surface area contributed by atoms with Crippen molar-refractivity contribution in [2.75, 3.05) is 16.6 Å². The van der Waals surface area contributed by atoms with Gasteiger partial charge in [-0.1, -0.05) is 41.4 Å². The Labute approximate surface area is 184 Å². The van der Waals surface area contributed by atoms with Crippen LogP contribution < -0.4 is 14.8 Å². The molecule has 0 bridgehead atoms. The molecule has 0 heterocycles. The first-order chi connectivity index (χ1) is 14.2. The number of halogens is 2. The van der Waals surface area contributed by atoms with Crippen molar-refractivity contribution in [1.82, 2.24) is 0 Å². The van der Waals surface area contributed by atoms with Crippen LogP contribution in [0.25, 0.3) is 0 Å². The molecule has 0 aliphatic heterocycles. The van der Waals surface area contributed by atoms with E-state index in [0.717, 1.165) is 5.56 Å². The number of rotatable bonds is 7. The number of nitrogens with one attached hydrogen (secondary N) is 2. The summed E-state index contributed by atoms with van der Waals surface area (Å²) in [6, 6.07) is 17.6. The molecule has 156 valence electrons. The van der Waals surface area contributed by atoms with Gasteiger partial charge in [0.1, 0.15) is 5.75 Å². The average Bonchev–Trinajstić information content (AvgIpc) is 2.70. The van der Waals surface area contributed by atoms with Gasteiger partial charge in [0, 0.05) is 5.02 Å². The standard InChI is InChI=1S/C21H18Cl2N2O4S/c1-14-4-2-3-5-19(14)25-30(27,28)17-9-7-16(8-10-17)29-13-21(26)24-20-11-6-15(22)12-18(20)23/h2-12,25H,13H2,1H3,(H,24,26). The largest absolute Gasteiger partial charge is 0.484 e. The van der Waals surface area contributed by atoms with E-state index in [-0.39, 0.29) is 11.5 Å². The predicted molar refractivity (Wildman–Crippen MR) is 119 cm³/mol. The summed E-state index contributed by atoms with van der Waals surface area (Å²) in [7, 11) is -3.74. The van der Waals surface area contributed by atoms with E-state index in [1.165, 1.54) is 30.3 Å². The van der Waals surface area contributed by atoms with E-state index in [4.69, 9.17) is 27.9 Å². The molecule has 0 atom stereocenters. The van der Waals surface area contributed by atoms with Gasteiger partial charge < -0.3 is 10.1 Å². The van der Waals surface area contributed by atoms with Gasteiger partial charge in [-0.15, -0.1) is 0 Å². The SMILES string of the molecule is Cc1ccccc1NS(=O)(=O)c1ccc(OCC(=O)Nc2ccc(Cl)cc2Cl)cc1. The second-order valence-corrected chi connectivity index (χ2v) is 8.88. The minimum atomic E-state index is -3.74. The summed E-state index contributed by atoms with van der Waals surface area (Å²) in [6.07, 6.45) is 0. The van der Waals surface area contributed by atoms with E-state index >= 15 is 0 Å². The Balaban J connectivity index is 1.60. The van der Waals surface area contributed by atoms with Crippen LogP contribution >= 0.6 is 23.2 Å². The Kier molecular flexibility index (Phi) is 6.87. The molecule has 0 spiro atoms. The molecule has 2 N–H and O–H groups in total. The number of amides is 1. The Hall–Kier alpha value is -2.74. The molecule has 0 fully saturated rings. The molecule has 6 nitrogen and oxygen atoms in total. The first-order valence-corrected chi connectivity index (χ1v) is 11.0. The Morgan fingerprint density at radius 2 is 1.67 bits per heavy atom. The highest BCUT2D eigenvalue weighted by Crippen LogP contribution is 2.25. The fraction of sp³-hybridized carbons (Fsp3) is 0.0952. The number of sulfonamides is 1. The number of ether oxygens (including phenoxy) is 1. The third kappa shape index (κ3) is 5.66. The van der Waals surface area contributed by atoms with Crippen molar-refractivity contribution in [1.29, 1.82) is 0 Å². The lowest BCUT2D eigenvalue weighted by atomic mass is 10.2. The number of benzene rings is 3. The predicted octanol–water partition coefficient (Wildman–Crippen LogP) is 5.12. The highest BCUT2D eigenvalue weighted by Gasteiger charge is 2.15. The first kappa shape index (κ1) is 22.0. The normalized spacial score (nSPS) is 11.0. The molecular weight excluding hydrogens is 447 g/mol. The van der Waals surface area contributed by atoms with Gasteiger partial charge >= 0.3 is 0 Å². The lowest BCUT2D eigenvalue weighted by Gasteiger charge is -2.11. The van der Waals surface area contributed by atoms with Crippen molar-refractivity contribution in [2.45, 2.75) is 11.8 Å². The summed E-state index contributed by atoms with van der Waals surface area (Å²) in [4.78, 5) is 12.1. The average molecular weight is 465 g/mol. The number of para-hydroxylation sites is 1. The first-order valence-electron chi connectivity index (χ1n) is 8.81. The van der Waals surface area contributed by atoms with E-state index in [2.05, 4.69) is 10.0 Å². The lowest BCUT2D eigenvalue weighted by molar-refractivity contribution is -0.118. The van der Waals surface area contributed by atoms with Crippen LogP contribution in [0.1, 0.15) is 5.56 Å². The van der Waals surface area contributed by atoms with Crippen molar-refractivity contribution >= 4 is 50.5 Å². The van der Waals surface area contributed by atoms with Crippen LogP contribution in [0.4, 0.5) is 11.4 Å². The van der Waals surface area contributed by atoms with Crippen LogP contribution in [0.15, 0.2) is 71.6 Å². The summed E-state index contributed by atoms with van der Waals surface area (Å²) in [5.41, 5.74) is 1.74. The highest BCUT2D eigenvalue weighted by atomic mass is 35.5. The third-order valence-electron chi connectivity index (χ3n) is 4.10. The molecule has 0 saturated heterocycles. The molecule has 9 heteroatoms. The zero-order chi connectivity index (χ0) is 21.7. The van der Waals surface area contributed by atoms with Crippen LogP contribution in [-0.4, -0.2) is 20.9 Å². The van der Waals surface area contributed by atoms with Crippen LogP contribution in [0, 0.1) is 6.92 Å². The summed E-state index contributed by atoms with van der Waals surface area (Å²) in [5, 5.41) is 3.39. The smallest absolute Gasteiger partial charge is 0.262 e.